The van der Waals surface area contributed by atoms with Crippen LogP contribution in [-0.4, -0.2) is 5.09 Å². The third-order valence-corrected chi connectivity index (χ3v) is 0. The summed E-state index contributed by atoms with van der Waals surface area (Å²) in [6.45, 7) is 0. The molecule has 1 atom stereocenters. The van der Waals surface area contributed by atoms with Crippen molar-refractivity contribution in [1.29, 1.82) is 0 Å². The summed E-state index contributed by atoms with van der Waals surface area (Å²) in [5, 5.41) is 14.8. The van der Waals surface area contributed by atoms with Crippen LogP contribution in [-0.2, 0) is 0 Å². The van der Waals surface area contributed by atoms with Gasteiger partial charge in [0.25, 0.3) is 0 Å². The highest BCUT2D eigenvalue weighted by Crippen LogP contribution is 1.44. The lowest BCUT2D eigenvalue weighted by atomic mass is 13.1. The molecule has 1 unspecified atom stereocenters. The van der Waals surface area contributed by atoms with Gasteiger partial charge in [0.1, 0.15) is 0 Å². The second-order valence-electron chi connectivity index (χ2n) is 0.224. The van der Waals surface area contributed by atoms with Gasteiger partial charge in [0, 0.05) is 0 Å². The number of hydrogen-bond acceptors (Lipinski definition) is 3. The molecule has 0 saturated heterocycles. The molecule has 6 heteroatoms. The molecule has 5 nitrogen and oxygen atoms in total. The van der Waals surface area contributed by atoms with E-state index in [1.54, 1.807) is 0 Å². The van der Waals surface area contributed by atoms with Crippen molar-refractivity contribution >= 4 is 9.90 Å². The van der Waals surface area contributed by atoms with Crippen molar-refractivity contribution in [1.82, 2.24) is 6.15 Å². The van der Waals surface area contributed by atoms with Gasteiger partial charge in [-0.3, -0.25) is 0 Å². The first kappa shape index (κ1) is 17.6. The van der Waals surface area contributed by atoms with E-state index in [4.69, 9.17) is 15.3 Å². The molecule has 0 saturated carbocycles. The molecule has 0 fully saturated rings. The molecular weight excluding hydrogens is 107 g/mol. The fourth-order valence-electron chi connectivity index (χ4n) is 0. The zero-order chi connectivity index (χ0) is 3.58. The van der Waals surface area contributed by atoms with Crippen LogP contribution in [0.3, 0.4) is 0 Å². The number of hydrogen-bond donors (Lipinski definition) is 1. The maximum atomic E-state index is 8.25. The predicted molar refractivity (Wildman–Crippen MR) is 27.5 cm³/mol. The Morgan fingerprint density at radius 2 is 1.33 bits per heavy atom. The van der Waals surface area contributed by atoms with Gasteiger partial charge in [-0.15, -0.1) is 0 Å². The van der Waals surface area contributed by atoms with E-state index in [1.165, 1.54) is 0 Å². The minimum absolute atomic E-state index is 0. The van der Waals surface area contributed by atoms with Gasteiger partial charge in [0.15, 0.2) is 0 Å². The van der Waals surface area contributed by atoms with Crippen molar-refractivity contribution in [3.63, 3.8) is 0 Å². The van der Waals surface area contributed by atoms with Crippen LogP contribution in [0.1, 0.15) is 0 Å². The summed E-state index contributed by atoms with van der Waals surface area (Å²) in [6, 6.07) is 0. The monoisotopic (exact) mass is 114 g/mol. The fourth-order valence-corrected chi connectivity index (χ4v) is 0. The van der Waals surface area contributed by atoms with Gasteiger partial charge in [-0.1, -0.05) is 0 Å². The van der Waals surface area contributed by atoms with E-state index in [0.717, 1.165) is 0 Å². The standard InChI is InChI=1S/NO3.H3N.H3P/c2-1(3)4;;/h;2*1H3/q-1;;/p+1. The molecule has 4 N–H and O–H groups in total. The molecule has 6 heavy (non-hydrogen) atoms. The summed E-state index contributed by atoms with van der Waals surface area (Å²) in [5.74, 6) is 0. The van der Waals surface area contributed by atoms with Gasteiger partial charge in [-0.2, -0.15) is 9.90 Å². The topological polar surface area (TPSA) is 103 Å². The first-order valence-corrected chi connectivity index (χ1v) is 0.548. The molecule has 0 amide bonds. The molecular formula is H7N2O3P. The van der Waals surface area contributed by atoms with Crippen LogP contribution in [0.2, 0.25) is 0 Å². The minimum Gasteiger partial charge on any atom is -0.369 e. The van der Waals surface area contributed by atoms with E-state index in [1.807, 2.05) is 0 Å². The van der Waals surface area contributed by atoms with Crippen molar-refractivity contribution in [3.8, 4) is 0 Å². The zero-order valence-corrected chi connectivity index (χ0v) is 4.79. The quantitative estimate of drug-likeness (QED) is 0.276. The normalized spacial score (nSPS) is 4.00. The van der Waals surface area contributed by atoms with Crippen molar-refractivity contribution in [2.75, 3.05) is 0 Å². The molecule has 0 aromatic carbocycles. The van der Waals surface area contributed by atoms with E-state index in [2.05, 4.69) is 0 Å². The first-order chi connectivity index (χ1) is 1.73. The minimum atomic E-state index is -1.75. The summed E-state index contributed by atoms with van der Waals surface area (Å²) >= 11 is 0. The van der Waals surface area contributed by atoms with Crippen molar-refractivity contribution in [3.05, 3.63) is 15.3 Å². The number of rotatable bonds is 0. The van der Waals surface area contributed by atoms with Crippen LogP contribution in [0.4, 0.5) is 0 Å². The maximum absolute atomic E-state index is 8.25. The van der Waals surface area contributed by atoms with Crippen LogP contribution in [0.15, 0.2) is 0 Å². The summed E-state index contributed by atoms with van der Waals surface area (Å²) < 4.78 is 0. The molecule has 0 aromatic heterocycles. The molecule has 0 aliphatic carbocycles. The lowest BCUT2D eigenvalue weighted by molar-refractivity contribution is -0.402. The fraction of sp³-hybridized carbons (Fsp3) is 0. The van der Waals surface area contributed by atoms with Gasteiger partial charge >= 0.3 is 0 Å². The molecule has 0 radical (unpaired) electrons. The van der Waals surface area contributed by atoms with Crippen LogP contribution >= 0.6 is 9.90 Å². The SMILES string of the molecule is O=[N+]([O-])[O-].P.[NH4+]. The average Bonchev–Trinajstić information content (AvgIpc) is 0.811. The van der Waals surface area contributed by atoms with Crippen molar-refractivity contribution in [2.24, 2.45) is 0 Å². The van der Waals surface area contributed by atoms with Crippen LogP contribution in [0.5, 0.6) is 0 Å². The molecule has 0 spiro atoms. The predicted octanol–water partition coefficient (Wildman–Crippen LogP) is 0.195. The van der Waals surface area contributed by atoms with Crippen LogP contribution in [0.25, 0.3) is 0 Å². The third-order valence-electron chi connectivity index (χ3n) is 0. The zero-order valence-electron chi connectivity index (χ0n) is 3.38. The highest BCUT2D eigenvalue weighted by atomic mass is 31.0. The lowest BCUT2D eigenvalue weighted by Crippen LogP contribution is -1.74. The number of quaternary nitrogens is 1. The van der Waals surface area contributed by atoms with Gasteiger partial charge in [-0.25, -0.2) is 0 Å². The summed E-state index contributed by atoms with van der Waals surface area (Å²) in [6.07, 6.45) is 0. The van der Waals surface area contributed by atoms with Crippen molar-refractivity contribution < 1.29 is 5.09 Å². The highest BCUT2D eigenvalue weighted by Gasteiger charge is 1.45. The molecule has 0 rings (SSSR count). The highest BCUT2D eigenvalue weighted by molar-refractivity contribution is 6.92. The Kier molecular flexibility index (Phi) is 25.8. The Morgan fingerprint density at radius 1 is 1.33 bits per heavy atom. The molecule has 0 aromatic rings. The molecule has 40 valence electrons. The molecule has 0 heterocycles. The lowest BCUT2D eigenvalue weighted by Gasteiger charge is -1.74. The smallest absolute Gasteiger partial charge is 0.0689 e. The van der Waals surface area contributed by atoms with E-state index in [9.17, 15) is 0 Å². The molecule has 0 aliphatic rings. The second kappa shape index (κ2) is 8.82. The van der Waals surface area contributed by atoms with Crippen LogP contribution in [0, 0.1) is 15.3 Å². The van der Waals surface area contributed by atoms with E-state index in [0.29, 0.717) is 0 Å². The number of nitrogens with zero attached hydrogens (tertiary/aromatic N) is 1. The Balaban J connectivity index is -0.0000000450. The maximum Gasteiger partial charge on any atom is 0.0689 e. The van der Waals surface area contributed by atoms with Gasteiger partial charge in [0.2, 0.25) is 0 Å². The third kappa shape index (κ3) is 143. The first-order valence-electron chi connectivity index (χ1n) is 0.548. The summed E-state index contributed by atoms with van der Waals surface area (Å²) in [4.78, 5) is 8.25. The second-order valence-corrected chi connectivity index (χ2v) is 0.224. The van der Waals surface area contributed by atoms with E-state index >= 15 is 0 Å². The molecule has 0 bridgehead atoms. The summed E-state index contributed by atoms with van der Waals surface area (Å²) in [7, 11) is 0. The van der Waals surface area contributed by atoms with Crippen molar-refractivity contribution in [2.45, 2.75) is 0 Å². The van der Waals surface area contributed by atoms with E-state index < -0.39 is 5.09 Å². The Hall–Kier alpha value is -0.410. The Labute approximate surface area is 37.7 Å². The Bertz CT molecular complexity index is 31.8. The average molecular weight is 114 g/mol. The van der Waals surface area contributed by atoms with Gasteiger partial charge in [0.05, 0.1) is 5.09 Å². The van der Waals surface area contributed by atoms with Gasteiger partial charge < -0.3 is 21.5 Å². The molecule has 0 aliphatic heterocycles. The van der Waals surface area contributed by atoms with Gasteiger partial charge in [-0.05, 0) is 0 Å². The summed E-state index contributed by atoms with van der Waals surface area (Å²) in [5.41, 5.74) is 0. The van der Waals surface area contributed by atoms with Crippen LogP contribution < -0.4 is 6.15 Å². The largest absolute Gasteiger partial charge is 0.369 e. The van der Waals surface area contributed by atoms with E-state index in [-0.39, 0.29) is 16.0 Å². The Morgan fingerprint density at radius 3 is 1.33 bits per heavy atom.